The minimum absolute atomic E-state index is 1.02. The van der Waals surface area contributed by atoms with Crippen LogP contribution in [0.2, 0.25) is 0 Å². The molecule has 2 heterocycles. The zero-order valence-corrected chi connectivity index (χ0v) is 11.0. The van der Waals surface area contributed by atoms with Gasteiger partial charge in [-0.15, -0.1) is 0 Å². The fourth-order valence-electron chi connectivity index (χ4n) is 3.34. The molecule has 2 nitrogen and oxygen atoms in total. The molecule has 0 saturated heterocycles. The molecule has 1 N–H and O–H groups in total. The summed E-state index contributed by atoms with van der Waals surface area (Å²) in [6.45, 7) is 3.16. The SMILES string of the molecule is C1=C2CNCCn3cc(-c4ccccc4)c(c32)CC1. The zero-order chi connectivity index (χ0) is 12.7. The van der Waals surface area contributed by atoms with Gasteiger partial charge in [-0.3, -0.25) is 0 Å². The lowest BCUT2D eigenvalue weighted by Crippen LogP contribution is -2.17. The summed E-state index contributed by atoms with van der Waals surface area (Å²) in [6.07, 6.45) is 7.11. The first-order valence-corrected chi connectivity index (χ1v) is 7.11. The Kier molecular flexibility index (Phi) is 2.56. The fourth-order valence-corrected chi connectivity index (χ4v) is 3.34. The highest BCUT2D eigenvalue weighted by Gasteiger charge is 2.23. The van der Waals surface area contributed by atoms with Crippen LogP contribution in [0.25, 0.3) is 16.7 Å². The van der Waals surface area contributed by atoms with Crippen molar-refractivity contribution in [1.82, 2.24) is 9.88 Å². The van der Waals surface area contributed by atoms with Gasteiger partial charge in [0.1, 0.15) is 0 Å². The maximum absolute atomic E-state index is 3.51. The van der Waals surface area contributed by atoms with Crippen molar-refractivity contribution >= 4 is 5.57 Å². The Morgan fingerprint density at radius 1 is 1.11 bits per heavy atom. The van der Waals surface area contributed by atoms with Gasteiger partial charge in [-0.25, -0.2) is 0 Å². The van der Waals surface area contributed by atoms with Gasteiger partial charge in [0.2, 0.25) is 0 Å². The summed E-state index contributed by atoms with van der Waals surface area (Å²) < 4.78 is 2.45. The second-order valence-corrected chi connectivity index (χ2v) is 5.37. The first-order valence-electron chi connectivity index (χ1n) is 7.11. The van der Waals surface area contributed by atoms with Crippen molar-refractivity contribution in [1.29, 1.82) is 0 Å². The van der Waals surface area contributed by atoms with E-state index in [0.29, 0.717) is 0 Å². The molecule has 1 aromatic carbocycles. The molecule has 0 atom stereocenters. The zero-order valence-electron chi connectivity index (χ0n) is 11.0. The molecule has 1 aliphatic carbocycles. The predicted molar refractivity (Wildman–Crippen MR) is 79.0 cm³/mol. The summed E-state index contributed by atoms with van der Waals surface area (Å²) >= 11 is 0. The van der Waals surface area contributed by atoms with E-state index in [1.807, 2.05) is 0 Å². The standard InChI is InChI=1S/C17H18N2/c1-2-5-13(6-3-1)16-12-19-10-9-18-11-14-7-4-8-15(16)17(14)19/h1-3,5-7,12,18H,4,8-11H2. The van der Waals surface area contributed by atoms with E-state index >= 15 is 0 Å². The Hall–Kier alpha value is -1.80. The summed E-state index contributed by atoms with van der Waals surface area (Å²) in [5, 5.41) is 3.51. The number of rotatable bonds is 1. The molecule has 0 amide bonds. The van der Waals surface area contributed by atoms with Crippen LogP contribution in [0.1, 0.15) is 17.7 Å². The molecule has 2 heteroatoms. The van der Waals surface area contributed by atoms with E-state index in [2.05, 4.69) is 52.5 Å². The van der Waals surface area contributed by atoms with Crippen LogP contribution in [0.5, 0.6) is 0 Å². The van der Waals surface area contributed by atoms with Crippen LogP contribution >= 0.6 is 0 Å². The van der Waals surface area contributed by atoms with Crippen molar-refractivity contribution in [2.45, 2.75) is 19.4 Å². The van der Waals surface area contributed by atoms with Gasteiger partial charge in [-0.1, -0.05) is 36.4 Å². The Balaban J connectivity index is 1.92. The molecule has 0 fully saturated rings. The van der Waals surface area contributed by atoms with Gasteiger partial charge in [-0.05, 0) is 29.5 Å². The molecule has 4 rings (SSSR count). The third-order valence-electron chi connectivity index (χ3n) is 4.20. The molecule has 2 aliphatic rings. The lowest BCUT2D eigenvalue weighted by atomic mass is 9.92. The third-order valence-corrected chi connectivity index (χ3v) is 4.20. The Bertz CT molecular complexity index is 635. The van der Waals surface area contributed by atoms with E-state index in [9.17, 15) is 0 Å². The summed E-state index contributed by atoms with van der Waals surface area (Å²) in [5.74, 6) is 0. The average Bonchev–Trinajstić information content (AvgIpc) is 2.71. The second kappa shape index (κ2) is 4.39. The number of hydrogen-bond acceptors (Lipinski definition) is 1. The largest absolute Gasteiger partial charge is 0.346 e. The molecule has 0 unspecified atom stereocenters. The number of aromatic nitrogens is 1. The highest BCUT2D eigenvalue weighted by molar-refractivity contribution is 5.79. The maximum Gasteiger partial charge on any atom is 0.0488 e. The third kappa shape index (κ3) is 1.75. The first-order chi connectivity index (χ1) is 9.43. The molecule has 0 saturated carbocycles. The van der Waals surface area contributed by atoms with E-state index in [-0.39, 0.29) is 0 Å². The second-order valence-electron chi connectivity index (χ2n) is 5.37. The molecular formula is C17H18N2. The van der Waals surface area contributed by atoms with Crippen molar-refractivity contribution in [2.75, 3.05) is 13.1 Å². The van der Waals surface area contributed by atoms with E-state index < -0.39 is 0 Å². The van der Waals surface area contributed by atoms with Gasteiger partial charge in [-0.2, -0.15) is 0 Å². The molecular weight excluding hydrogens is 232 g/mol. The summed E-state index contributed by atoms with van der Waals surface area (Å²) in [6, 6.07) is 10.8. The smallest absolute Gasteiger partial charge is 0.0488 e. The molecule has 0 bridgehead atoms. The number of nitrogens with one attached hydrogen (secondary N) is 1. The Morgan fingerprint density at radius 2 is 2.00 bits per heavy atom. The molecule has 19 heavy (non-hydrogen) atoms. The van der Waals surface area contributed by atoms with E-state index in [4.69, 9.17) is 0 Å². The van der Waals surface area contributed by atoms with E-state index in [1.165, 1.54) is 35.2 Å². The van der Waals surface area contributed by atoms with Gasteiger partial charge in [0.05, 0.1) is 0 Å². The van der Waals surface area contributed by atoms with Gasteiger partial charge in [0.25, 0.3) is 0 Å². The van der Waals surface area contributed by atoms with Crippen molar-refractivity contribution in [3.05, 3.63) is 53.9 Å². The van der Waals surface area contributed by atoms with Crippen LogP contribution in [0.15, 0.2) is 42.6 Å². The molecule has 0 spiro atoms. The quantitative estimate of drug-likeness (QED) is 0.823. The molecule has 2 aromatic rings. The monoisotopic (exact) mass is 250 g/mol. The number of benzene rings is 1. The van der Waals surface area contributed by atoms with Gasteiger partial charge >= 0.3 is 0 Å². The molecule has 96 valence electrons. The average molecular weight is 250 g/mol. The number of nitrogens with zero attached hydrogens (tertiary/aromatic N) is 1. The van der Waals surface area contributed by atoms with Crippen LogP contribution in [-0.4, -0.2) is 17.7 Å². The van der Waals surface area contributed by atoms with Crippen molar-refractivity contribution in [2.24, 2.45) is 0 Å². The van der Waals surface area contributed by atoms with Crippen molar-refractivity contribution < 1.29 is 0 Å². The highest BCUT2D eigenvalue weighted by atomic mass is 15.0. The Morgan fingerprint density at radius 3 is 2.89 bits per heavy atom. The van der Waals surface area contributed by atoms with Crippen LogP contribution < -0.4 is 5.32 Å². The minimum atomic E-state index is 1.02. The highest BCUT2D eigenvalue weighted by Crippen LogP contribution is 2.36. The van der Waals surface area contributed by atoms with E-state index in [1.54, 1.807) is 5.56 Å². The maximum atomic E-state index is 3.51. The molecule has 0 radical (unpaired) electrons. The van der Waals surface area contributed by atoms with Crippen LogP contribution in [0, 0.1) is 0 Å². The molecule has 1 aromatic heterocycles. The van der Waals surface area contributed by atoms with Crippen LogP contribution in [0.3, 0.4) is 0 Å². The number of hydrogen-bond donors (Lipinski definition) is 1. The van der Waals surface area contributed by atoms with E-state index in [0.717, 1.165) is 19.6 Å². The normalized spacial score (nSPS) is 17.6. The van der Waals surface area contributed by atoms with Gasteiger partial charge in [0.15, 0.2) is 0 Å². The van der Waals surface area contributed by atoms with Crippen LogP contribution in [0.4, 0.5) is 0 Å². The Labute approximate surface area is 113 Å². The predicted octanol–water partition coefficient (Wildman–Crippen LogP) is 3.09. The van der Waals surface area contributed by atoms with Crippen LogP contribution in [-0.2, 0) is 13.0 Å². The van der Waals surface area contributed by atoms with Crippen molar-refractivity contribution in [3.63, 3.8) is 0 Å². The van der Waals surface area contributed by atoms with Gasteiger partial charge < -0.3 is 9.88 Å². The lowest BCUT2D eigenvalue weighted by Gasteiger charge is -2.15. The lowest BCUT2D eigenvalue weighted by molar-refractivity contribution is 0.650. The number of allylic oxidation sites excluding steroid dienone is 1. The summed E-state index contributed by atoms with van der Waals surface area (Å²) in [5.41, 5.74) is 7.30. The summed E-state index contributed by atoms with van der Waals surface area (Å²) in [4.78, 5) is 0. The first kappa shape index (κ1) is 11.1. The molecule has 1 aliphatic heterocycles. The summed E-state index contributed by atoms with van der Waals surface area (Å²) in [7, 11) is 0. The minimum Gasteiger partial charge on any atom is -0.346 e. The fraction of sp³-hybridized carbons (Fsp3) is 0.294. The van der Waals surface area contributed by atoms with Crippen molar-refractivity contribution in [3.8, 4) is 11.1 Å². The topological polar surface area (TPSA) is 17.0 Å². The van der Waals surface area contributed by atoms with Gasteiger partial charge in [0, 0.05) is 37.1 Å².